The van der Waals surface area contributed by atoms with Crippen molar-refractivity contribution in [3.8, 4) is 0 Å². The van der Waals surface area contributed by atoms with Crippen molar-refractivity contribution in [1.82, 2.24) is 5.32 Å². The van der Waals surface area contributed by atoms with Crippen LogP contribution >= 0.6 is 11.8 Å². The smallest absolute Gasteiger partial charge is 0.377 e. The van der Waals surface area contributed by atoms with E-state index in [9.17, 15) is 18.0 Å². The molecule has 150 valence electrons. The van der Waals surface area contributed by atoms with E-state index in [1.165, 1.54) is 12.1 Å². The first-order valence-corrected chi connectivity index (χ1v) is 10.2. The lowest BCUT2D eigenvalue weighted by Gasteiger charge is -2.12. The molecule has 3 rings (SSSR count). The fourth-order valence-electron chi connectivity index (χ4n) is 3.01. The van der Waals surface area contributed by atoms with Gasteiger partial charge in [0.2, 0.25) is 0 Å². The number of amides is 1. The molecule has 1 aliphatic heterocycles. The third kappa shape index (κ3) is 5.75. The summed E-state index contributed by atoms with van der Waals surface area (Å²) in [5.41, 5.74) is 0.685. The molecule has 0 spiro atoms. The van der Waals surface area contributed by atoms with Crippen LogP contribution in [-0.4, -0.2) is 30.9 Å². The molecule has 1 amide bonds. The summed E-state index contributed by atoms with van der Waals surface area (Å²) in [5, 5.41) is 2.85. The Morgan fingerprint density at radius 2 is 1.89 bits per heavy atom. The Morgan fingerprint density at radius 1 is 1.14 bits per heavy atom. The molecule has 0 aliphatic carbocycles. The van der Waals surface area contributed by atoms with Gasteiger partial charge in [-0.1, -0.05) is 24.3 Å². The van der Waals surface area contributed by atoms with Gasteiger partial charge in [0, 0.05) is 23.8 Å². The number of benzene rings is 2. The van der Waals surface area contributed by atoms with Crippen LogP contribution in [-0.2, 0) is 17.3 Å². The average molecular weight is 409 g/mol. The molecule has 0 bridgehead atoms. The third-order valence-corrected chi connectivity index (χ3v) is 5.77. The molecular formula is C21H22F3NO2S. The van der Waals surface area contributed by atoms with Gasteiger partial charge < -0.3 is 10.1 Å². The maximum Gasteiger partial charge on any atom is 0.416 e. The first-order chi connectivity index (χ1) is 13.4. The highest BCUT2D eigenvalue weighted by molar-refractivity contribution is 7.99. The van der Waals surface area contributed by atoms with Gasteiger partial charge in [-0.15, -0.1) is 11.8 Å². The fourth-order valence-corrected chi connectivity index (χ4v) is 4.13. The Hall–Kier alpha value is -1.99. The number of ether oxygens (including phenoxy) is 1. The van der Waals surface area contributed by atoms with Crippen molar-refractivity contribution < 1.29 is 22.7 Å². The van der Waals surface area contributed by atoms with Gasteiger partial charge in [-0.2, -0.15) is 13.2 Å². The molecule has 1 N–H and O–H groups in total. The van der Waals surface area contributed by atoms with Gasteiger partial charge in [0.15, 0.2) is 0 Å². The van der Waals surface area contributed by atoms with Gasteiger partial charge in [0.1, 0.15) is 0 Å². The molecule has 7 heteroatoms. The monoisotopic (exact) mass is 409 g/mol. The third-order valence-electron chi connectivity index (χ3n) is 4.56. The second kappa shape index (κ2) is 9.47. The van der Waals surface area contributed by atoms with Crippen LogP contribution in [0, 0.1) is 0 Å². The number of nitrogens with one attached hydrogen (secondary N) is 1. The highest BCUT2D eigenvalue weighted by atomic mass is 32.2. The molecule has 28 heavy (non-hydrogen) atoms. The summed E-state index contributed by atoms with van der Waals surface area (Å²) in [6, 6.07) is 12.4. The van der Waals surface area contributed by atoms with Crippen molar-refractivity contribution in [1.29, 1.82) is 0 Å². The quantitative estimate of drug-likeness (QED) is 0.658. The van der Waals surface area contributed by atoms with Crippen molar-refractivity contribution >= 4 is 17.7 Å². The minimum Gasteiger partial charge on any atom is -0.377 e. The molecule has 1 unspecified atom stereocenters. The molecule has 0 aromatic heterocycles. The number of alkyl halides is 3. The van der Waals surface area contributed by atoms with Crippen LogP contribution in [0.4, 0.5) is 13.2 Å². The van der Waals surface area contributed by atoms with Gasteiger partial charge in [-0.25, -0.2) is 0 Å². The number of carbonyl (C=O) groups excluding carboxylic acids is 1. The maximum atomic E-state index is 12.6. The zero-order valence-corrected chi connectivity index (χ0v) is 16.1. The molecule has 2 aromatic carbocycles. The molecule has 2 aromatic rings. The molecule has 1 heterocycles. The Labute approximate surface area is 166 Å². The predicted octanol–water partition coefficient (Wildman–Crippen LogP) is 4.95. The second-order valence-corrected chi connectivity index (χ2v) is 7.70. The Balaban J connectivity index is 1.52. The van der Waals surface area contributed by atoms with Gasteiger partial charge in [0.05, 0.1) is 17.2 Å². The fraction of sp³-hybridized carbons (Fsp3) is 0.381. The number of thioether (sulfide) groups is 1. The topological polar surface area (TPSA) is 38.3 Å². The minimum atomic E-state index is -4.34. The summed E-state index contributed by atoms with van der Waals surface area (Å²) in [6.45, 7) is 1.16. The number of carbonyl (C=O) groups is 1. The van der Waals surface area contributed by atoms with E-state index in [-0.39, 0.29) is 12.0 Å². The van der Waals surface area contributed by atoms with Gasteiger partial charge >= 0.3 is 6.18 Å². The first-order valence-electron chi connectivity index (χ1n) is 9.21. The van der Waals surface area contributed by atoms with Crippen LogP contribution in [0.3, 0.4) is 0 Å². The summed E-state index contributed by atoms with van der Waals surface area (Å²) in [4.78, 5) is 13.4. The second-order valence-electron chi connectivity index (χ2n) is 6.64. The van der Waals surface area contributed by atoms with Crippen LogP contribution in [0.1, 0.15) is 34.3 Å². The van der Waals surface area contributed by atoms with Crippen LogP contribution in [0.2, 0.25) is 0 Å². The van der Waals surface area contributed by atoms with Crippen LogP contribution in [0.5, 0.6) is 0 Å². The van der Waals surface area contributed by atoms with E-state index in [2.05, 4.69) is 5.32 Å². The van der Waals surface area contributed by atoms with Gasteiger partial charge in [-0.05, 0) is 49.1 Å². The van der Waals surface area contributed by atoms with E-state index < -0.39 is 11.7 Å². The average Bonchev–Trinajstić information content (AvgIpc) is 3.20. The summed E-state index contributed by atoms with van der Waals surface area (Å²) in [5.74, 6) is 0.637. The molecular weight excluding hydrogens is 387 g/mol. The number of hydrogen-bond donors (Lipinski definition) is 1. The zero-order chi connectivity index (χ0) is 20.0. The Bertz CT molecular complexity index is 787. The van der Waals surface area contributed by atoms with Crippen molar-refractivity contribution in [2.45, 2.75) is 36.4 Å². The van der Waals surface area contributed by atoms with Gasteiger partial charge in [0.25, 0.3) is 5.91 Å². The lowest BCUT2D eigenvalue weighted by Crippen LogP contribution is -2.26. The van der Waals surface area contributed by atoms with E-state index in [0.717, 1.165) is 47.8 Å². The van der Waals surface area contributed by atoms with Crippen LogP contribution in [0.15, 0.2) is 53.4 Å². The number of halogens is 3. The van der Waals surface area contributed by atoms with E-state index >= 15 is 0 Å². The maximum absolute atomic E-state index is 12.6. The van der Waals surface area contributed by atoms with Crippen molar-refractivity contribution in [3.05, 3.63) is 65.2 Å². The van der Waals surface area contributed by atoms with Crippen molar-refractivity contribution in [3.63, 3.8) is 0 Å². The van der Waals surface area contributed by atoms with E-state index in [0.29, 0.717) is 18.5 Å². The Kier molecular flexibility index (Phi) is 7.02. The van der Waals surface area contributed by atoms with Crippen LogP contribution < -0.4 is 5.32 Å². The molecule has 1 saturated heterocycles. The summed E-state index contributed by atoms with van der Waals surface area (Å²) < 4.78 is 43.4. The highest BCUT2D eigenvalue weighted by Crippen LogP contribution is 2.29. The molecule has 3 nitrogen and oxygen atoms in total. The zero-order valence-electron chi connectivity index (χ0n) is 15.3. The highest BCUT2D eigenvalue weighted by Gasteiger charge is 2.29. The molecule has 1 atom stereocenters. The van der Waals surface area contributed by atoms with E-state index in [1.54, 1.807) is 17.8 Å². The van der Waals surface area contributed by atoms with E-state index in [4.69, 9.17) is 4.74 Å². The van der Waals surface area contributed by atoms with Crippen molar-refractivity contribution in [2.24, 2.45) is 0 Å². The normalized spacial score (nSPS) is 16.9. The number of rotatable bonds is 7. The Morgan fingerprint density at radius 3 is 2.57 bits per heavy atom. The molecule has 0 saturated carbocycles. The standard InChI is InChI=1S/C21H22F3NO2S/c22-21(23,24)16-9-7-15(8-10-16)11-12-25-20(26)18-5-1-2-6-19(18)28-14-17-4-3-13-27-17/h1-2,5-10,17H,3-4,11-14H2,(H,25,26). The molecule has 1 aliphatic rings. The SMILES string of the molecule is O=C(NCCc1ccc(C(F)(F)F)cc1)c1ccccc1SCC1CCCO1. The van der Waals surface area contributed by atoms with E-state index in [1.807, 2.05) is 18.2 Å². The summed E-state index contributed by atoms with van der Waals surface area (Å²) >= 11 is 1.61. The largest absolute Gasteiger partial charge is 0.416 e. The van der Waals surface area contributed by atoms with Gasteiger partial charge in [-0.3, -0.25) is 4.79 Å². The molecule has 1 fully saturated rings. The summed E-state index contributed by atoms with van der Waals surface area (Å²) in [7, 11) is 0. The number of hydrogen-bond acceptors (Lipinski definition) is 3. The lowest BCUT2D eigenvalue weighted by molar-refractivity contribution is -0.137. The minimum absolute atomic E-state index is 0.178. The molecule has 0 radical (unpaired) electrons. The lowest BCUT2D eigenvalue weighted by atomic mass is 10.1. The van der Waals surface area contributed by atoms with Crippen LogP contribution in [0.25, 0.3) is 0 Å². The summed E-state index contributed by atoms with van der Waals surface area (Å²) in [6.07, 6.45) is -1.50. The predicted molar refractivity (Wildman–Crippen MR) is 104 cm³/mol. The van der Waals surface area contributed by atoms with Crippen molar-refractivity contribution in [2.75, 3.05) is 18.9 Å². The first kappa shape index (κ1) is 20.7.